The molecule has 0 fully saturated rings. The summed E-state index contributed by atoms with van der Waals surface area (Å²) in [6.45, 7) is 0. The number of nitrogens with zero attached hydrogens (tertiary/aromatic N) is 1. The number of benzene rings is 2. The van der Waals surface area contributed by atoms with Crippen LogP contribution in [0.1, 0.15) is 10.4 Å². The zero-order valence-electron chi connectivity index (χ0n) is 13.0. The summed E-state index contributed by atoms with van der Waals surface area (Å²) in [5, 5.41) is 10.9. The van der Waals surface area contributed by atoms with E-state index in [1.54, 1.807) is 0 Å². The van der Waals surface area contributed by atoms with Crippen LogP contribution in [0.5, 0.6) is 5.75 Å². The van der Waals surface area contributed by atoms with E-state index < -0.39 is 33.4 Å². The Morgan fingerprint density at radius 2 is 1.76 bits per heavy atom. The second-order valence-electron chi connectivity index (χ2n) is 4.70. The molecule has 2 aromatic carbocycles. The quantitative estimate of drug-likeness (QED) is 0.334. The smallest absolute Gasteiger partial charge is 0.337 e. The number of carbonyl (C=O) groups excluding carboxylic acids is 2. The molecule has 0 aromatic heterocycles. The lowest BCUT2D eigenvalue weighted by atomic mass is 10.2. The highest BCUT2D eigenvalue weighted by Gasteiger charge is 2.21. The fourth-order valence-corrected chi connectivity index (χ4v) is 2.96. The Labute approximate surface area is 145 Å². The average molecular weight is 363 g/mol. The molecule has 0 amide bonds. The first kappa shape index (κ1) is 18.3. The topological polar surface area (TPSA) is 113 Å². The molecule has 0 saturated carbocycles. The van der Waals surface area contributed by atoms with Crippen molar-refractivity contribution < 1.29 is 28.2 Å². The van der Waals surface area contributed by atoms with Crippen molar-refractivity contribution in [1.82, 2.24) is 0 Å². The number of methoxy groups -OCH3 is 1. The van der Waals surface area contributed by atoms with Gasteiger partial charge in [-0.25, -0.2) is 4.79 Å². The predicted molar refractivity (Wildman–Crippen MR) is 87.8 cm³/mol. The largest absolute Gasteiger partial charge is 0.465 e. The number of para-hydroxylation sites is 1. The van der Waals surface area contributed by atoms with Crippen molar-refractivity contribution in [2.45, 2.75) is 4.90 Å². The Morgan fingerprint density at radius 3 is 2.36 bits per heavy atom. The molecule has 0 spiro atoms. The molecular formula is C16H13NO7S. The van der Waals surface area contributed by atoms with Crippen LogP contribution in [-0.2, 0) is 20.3 Å². The molecule has 0 radical (unpaired) electrons. The lowest BCUT2D eigenvalue weighted by Crippen LogP contribution is -2.17. The maximum absolute atomic E-state index is 12.2. The summed E-state index contributed by atoms with van der Waals surface area (Å²) >= 11 is 0. The molecule has 0 aliphatic carbocycles. The van der Waals surface area contributed by atoms with Gasteiger partial charge in [0.1, 0.15) is 16.4 Å². The van der Waals surface area contributed by atoms with Crippen molar-refractivity contribution in [3.05, 3.63) is 64.2 Å². The monoisotopic (exact) mass is 363 g/mol. The number of esters is 2. The number of hydrogen-bond donors (Lipinski definition) is 0. The van der Waals surface area contributed by atoms with Crippen LogP contribution in [0.25, 0.3) is 0 Å². The molecule has 0 heterocycles. The summed E-state index contributed by atoms with van der Waals surface area (Å²) in [5.41, 5.74) is -0.0400. The van der Waals surface area contributed by atoms with Crippen LogP contribution in [0.3, 0.4) is 0 Å². The Bertz CT molecular complexity index is 833. The molecule has 1 atom stereocenters. The lowest BCUT2D eigenvalue weighted by molar-refractivity contribution is -0.387. The van der Waals surface area contributed by atoms with Crippen molar-refractivity contribution >= 4 is 28.4 Å². The van der Waals surface area contributed by atoms with E-state index in [1.807, 2.05) is 0 Å². The van der Waals surface area contributed by atoms with Gasteiger partial charge in [0.15, 0.2) is 0 Å². The van der Waals surface area contributed by atoms with Gasteiger partial charge in [0, 0.05) is 6.07 Å². The van der Waals surface area contributed by atoms with Gasteiger partial charge in [0.05, 0.1) is 28.4 Å². The summed E-state index contributed by atoms with van der Waals surface area (Å²) < 4.78 is 21.8. The van der Waals surface area contributed by atoms with Crippen LogP contribution in [0.15, 0.2) is 53.4 Å². The van der Waals surface area contributed by atoms with Crippen molar-refractivity contribution in [2.24, 2.45) is 0 Å². The average Bonchev–Trinajstić information content (AvgIpc) is 2.61. The fraction of sp³-hybridized carbons (Fsp3) is 0.125. The van der Waals surface area contributed by atoms with Gasteiger partial charge in [-0.1, -0.05) is 12.1 Å². The van der Waals surface area contributed by atoms with E-state index in [1.165, 1.54) is 55.6 Å². The van der Waals surface area contributed by atoms with Crippen LogP contribution >= 0.6 is 0 Å². The number of nitro groups is 1. The fourth-order valence-electron chi connectivity index (χ4n) is 1.92. The second-order valence-corrected chi connectivity index (χ2v) is 6.12. The standard InChI is InChI=1S/C16H13NO7S/c1-23-16(19)11-6-8-12(9-7-11)24-15(18)10-25(22)14-5-3-2-4-13(14)17(20)21/h2-9H,10H2,1H3/t25-/m0/s1. The van der Waals surface area contributed by atoms with Crippen LogP contribution in [0.4, 0.5) is 5.69 Å². The first-order valence-corrected chi connectivity index (χ1v) is 8.25. The molecule has 25 heavy (non-hydrogen) atoms. The predicted octanol–water partition coefficient (Wildman–Crippen LogP) is 2.09. The van der Waals surface area contributed by atoms with Gasteiger partial charge in [0.25, 0.3) is 5.69 Å². The number of carbonyl (C=O) groups is 2. The van der Waals surface area contributed by atoms with Gasteiger partial charge in [-0.05, 0) is 30.3 Å². The molecular weight excluding hydrogens is 350 g/mol. The highest BCUT2D eigenvalue weighted by atomic mass is 32.2. The number of hydrogen-bond acceptors (Lipinski definition) is 7. The minimum atomic E-state index is -1.92. The number of ether oxygens (including phenoxy) is 2. The first-order valence-electron chi connectivity index (χ1n) is 6.93. The second kappa shape index (κ2) is 8.15. The van der Waals surface area contributed by atoms with Gasteiger partial charge in [-0.3, -0.25) is 19.1 Å². The third-order valence-electron chi connectivity index (χ3n) is 3.06. The molecule has 8 nitrogen and oxygen atoms in total. The van der Waals surface area contributed by atoms with Gasteiger partial charge in [-0.2, -0.15) is 0 Å². The Kier molecular flexibility index (Phi) is 5.96. The van der Waals surface area contributed by atoms with Crippen molar-refractivity contribution in [1.29, 1.82) is 0 Å². The molecule has 0 aliphatic heterocycles. The van der Waals surface area contributed by atoms with E-state index in [9.17, 15) is 23.9 Å². The number of rotatable bonds is 6. The van der Waals surface area contributed by atoms with Gasteiger partial charge >= 0.3 is 11.9 Å². The minimum absolute atomic E-state index is 0.0505. The molecule has 0 saturated heterocycles. The van der Waals surface area contributed by atoms with E-state index in [0.29, 0.717) is 0 Å². The normalized spacial score (nSPS) is 11.4. The van der Waals surface area contributed by atoms with Gasteiger partial charge in [0.2, 0.25) is 0 Å². The summed E-state index contributed by atoms with van der Waals surface area (Å²) in [4.78, 5) is 33.4. The zero-order valence-corrected chi connectivity index (χ0v) is 13.9. The van der Waals surface area contributed by atoms with Crippen molar-refractivity contribution in [2.75, 3.05) is 12.9 Å². The van der Waals surface area contributed by atoms with Gasteiger partial charge in [-0.15, -0.1) is 0 Å². The van der Waals surface area contributed by atoms with E-state index in [2.05, 4.69) is 4.74 Å². The van der Waals surface area contributed by atoms with E-state index in [0.717, 1.165) is 0 Å². The highest BCUT2D eigenvalue weighted by Crippen LogP contribution is 2.22. The maximum atomic E-state index is 12.2. The summed E-state index contributed by atoms with van der Waals surface area (Å²) in [7, 11) is -0.678. The first-order chi connectivity index (χ1) is 11.9. The molecule has 130 valence electrons. The summed E-state index contributed by atoms with van der Waals surface area (Å²) in [5.74, 6) is -1.74. The third kappa shape index (κ3) is 4.70. The molecule has 2 aromatic rings. The number of nitro benzene ring substituents is 1. The highest BCUT2D eigenvalue weighted by molar-refractivity contribution is 7.85. The van der Waals surface area contributed by atoms with Crippen LogP contribution in [0, 0.1) is 10.1 Å². The molecule has 0 aliphatic rings. The Balaban J connectivity index is 2.04. The molecule has 0 N–H and O–H groups in total. The summed E-state index contributed by atoms with van der Waals surface area (Å²) in [6, 6.07) is 11.1. The lowest BCUT2D eigenvalue weighted by Gasteiger charge is -2.06. The Morgan fingerprint density at radius 1 is 1.12 bits per heavy atom. The zero-order chi connectivity index (χ0) is 18.4. The minimum Gasteiger partial charge on any atom is -0.465 e. The molecule has 0 unspecified atom stereocenters. The Hall–Kier alpha value is -3.07. The molecule has 9 heteroatoms. The summed E-state index contributed by atoms with van der Waals surface area (Å²) in [6.07, 6.45) is 0. The molecule has 0 bridgehead atoms. The third-order valence-corrected chi connectivity index (χ3v) is 4.40. The van der Waals surface area contributed by atoms with Crippen molar-refractivity contribution in [3.63, 3.8) is 0 Å². The van der Waals surface area contributed by atoms with E-state index in [4.69, 9.17) is 4.74 Å². The molecule has 2 rings (SSSR count). The van der Waals surface area contributed by atoms with E-state index in [-0.39, 0.29) is 21.9 Å². The van der Waals surface area contributed by atoms with Crippen LogP contribution in [-0.4, -0.2) is 33.9 Å². The SMILES string of the molecule is COC(=O)c1ccc(OC(=O)C[S@](=O)c2ccccc2[N+](=O)[O-])cc1. The van der Waals surface area contributed by atoms with Gasteiger partial charge < -0.3 is 9.47 Å². The van der Waals surface area contributed by atoms with Crippen LogP contribution in [0.2, 0.25) is 0 Å². The van der Waals surface area contributed by atoms with Crippen molar-refractivity contribution in [3.8, 4) is 5.75 Å². The van der Waals surface area contributed by atoms with E-state index >= 15 is 0 Å². The maximum Gasteiger partial charge on any atom is 0.337 e. The van der Waals surface area contributed by atoms with Crippen LogP contribution < -0.4 is 4.74 Å².